The lowest BCUT2D eigenvalue weighted by molar-refractivity contribution is -0.146. The molecule has 0 saturated carbocycles. The number of amides is 1. The maximum Gasteiger partial charge on any atom is 0.310 e. The molecule has 140 valence electrons. The number of anilines is 1. The predicted octanol–water partition coefficient (Wildman–Crippen LogP) is 4.13. The fourth-order valence-electron chi connectivity index (χ4n) is 2.88. The van der Waals surface area contributed by atoms with Gasteiger partial charge in [0.25, 0.3) is 5.91 Å². The van der Waals surface area contributed by atoms with Crippen LogP contribution >= 0.6 is 0 Å². The maximum atomic E-state index is 13.1. The average molecular weight is 365 g/mol. The number of aliphatic carboxylic acids is 1. The van der Waals surface area contributed by atoms with Crippen molar-refractivity contribution in [1.29, 1.82) is 0 Å². The van der Waals surface area contributed by atoms with Crippen LogP contribution in [0.15, 0.2) is 54.3 Å². The van der Waals surface area contributed by atoms with E-state index in [-0.39, 0.29) is 18.2 Å². The first-order valence-corrected chi connectivity index (χ1v) is 8.94. The molecule has 0 radical (unpaired) electrons. The summed E-state index contributed by atoms with van der Waals surface area (Å²) in [7, 11) is 0. The summed E-state index contributed by atoms with van der Waals surface area (Å²) in [5, 5.41) is 9.47. The maximum absolute atomic E-state index is 13.1. The van der Waals surface area contributed by atoms with Gasteiger partial charge in [0.05, 0.1) is 11.1 Å². The lowest BCUT2D eigenvalue weighted by Gasteiger charge is -2.34. The molecule has 27 heavy (non-hydrogen) atoms. The Balaban J connectivity index is 1.99. The van der Waals surface area contributed by atoms with Crippen LogP contribution in [0.25, 0.3) is 6.08 Å². The smallest absolute Gasteiger partial charge is 0.310 e. The van der Waals surface area contributed by atoms with Crippen molar-refractivity contribution in [2.75, 3.05) is 11.4 Å². The van der Waals surface area contributed by atoms with Gasteiger partial charge >= 0.3 is 5.97 Å². The van der Waals surface area contributed by atoms with E-state index < -0.39 is 11.4 Å². The third-order valence-electron chi connectivity index (χ3n) is 4.65. The molecule has 1 amide bonds. The largest absolute Gasteiger partial charge is 0.481 e. The molecule has 0 spiro atoms. The second-order valence-electron chi connectivity index (χ2n) is 7.25. The fraction of sp³-hybridized carbons (Fsp3) is 0.273. The van der Waals surface area contributed by atoms with Crippen molar-refractivity contribution in [2.45, 2.75) is 27.2 Å². The molecule has 5 heteroatoms. The number of carboxylic acids is 1. The lowest BCUT2D eigenvalue weighted by Crippen LogP contribution is -2.45. The van der Waals surface area contributed by atoms with Gasteiger partial charge in [-0.2, -0.15) is 0 Å². The summed E-state index contributed by atoms with van der Waals surface area (Å²) in [6, 6.07) is 15.1. The molecule has 5 nitrogen and oxygen atoms in total. The molecule has 2 aromatic carbocycles. The number of rotatable bonds is 5. The summed E-state index contributed by atoms with van der Waals surface area (Å²) in [4.78, 5) is 26.1. The molecule has 0 atom stereocenters. The van der Waals surface area contributed by atoms with Crippen molar-refractivity contribution in [3.05, 3.63) is 65.4 Å². The van der Waals surface area contributed by atoms with Crippen LogP contribution in [-0.4, -0.2) is 23.5 Å². The molecule has 1 aliphatic heterocycles. The molecule has 1 aliphatic rings. The van der Waals surface area contributed by atoms with Crippen molar-refractivity contribution in [2.24, 2.45) is 5.41 Å². The van der Waals surface area contributed by atoms with Crippen molar-refractivity contribution in [1.82, 2.24) is 0 Å². The van der Waals surface area contributed by atoms with E-state index in [0.29, 0.717) is 11.4 Å². The highest BCUT2D eigenvalue weighted by molar-refractivity contribution is 6.10. The van der Waals surface area contributed by atoms with Crippen LogP contribution < -0.4 is 9.64 Å². The molecule has 2 aromatic rings. The summed E-state index contributed by atoms with van der Waals surface area (Å²) in [5.41, 5.74) is 1.56. The first-order chi connectivity index (χ1) is 12.8. The molecular weight excluding hydrogens is 342 g/mol. The number of carboxylic acid groups (broad SMARTS) is 1. The molecule has 3 rings (SSSR count). The number of para-hydroxylation sites is 2. The highest BCUT2D eigenvalue weighted by Gasteiger charge is 2.37. The Kier molecular flexibility index (Phi) is 5.04. The number of aryl methyl sites for hydroxylation is 1. The Morgan fingerprint density at radius 2 is 1.81 bits per heavy atom. The number of nitrogens with zero attached hydrogens (tertiary/aromatic N) is 1. The molecule has 1 N–H and O–H groups in total. The van der Waals surface area contributed by atoms with Gasteiger partial charge in [0, 0.05) is 6.54 Å². The van der Waals surface area contributed by atoms with Gasteiger partial charge in [0.2, 0.25) is 0 Å². The number of carbonyl (C=O) groups is 2. The second kappa shape index (κ2) is 7.27. The molecule has 1 heterocycles. The highest BCUT2D eigenvalue weighted by atomic mass is 16.5. The predicted molar refractivity (Wildman–Crippen MR) is 105 cm³/mol. The Hall–Kier alpha value is -3.08. The van der Waals surface area contributed by atoms with Crippen LogP contribution in [-0.2, 0) is 16.0 Å². The topological polar surface area (TPSA) is 66.8 Å². The molecular formula is C22H23NO4. The van der Waals surface area contributed by atoms with Gasteiger partial charge in [-0.25, -0.2) is 0 Å². The number of benzene rings is 2. The summed E-state index contributed by atoms with van der Waals surface area (Å²) in [5.74, 6) is -0.587. The minimum atomic E-state index is -1.09. The van der Waals surface area contributed by atoms with Crippen LogP contribution in [0.4, 0.5) is 5.69 Å². The first kappa shape index (κ1) is 18.7. The van der Waals surface area contributed by atoms with E-state index in [0.717, 1.165) is 12.0 Å². The molecule has 0 bridgehead atoms. The fourth-order valence-corrected chi connectivity index (χ4v) is 2.88. The number of hydrogen-bond acceptors (Lipinski definition) is 3. The molecule has 0 fully saturated rings. The quantitative estimate of drug-likeness (QED) is 0.809. The van der Waals surface area contributed by atoms with Gasteiger partial charge in [0.15, 0.2) is 11.5 Å². The third-order valence-corrected chi connectivity index (χ3v) is 4.65. The van der Waals surface area contributed by atoms with Gasteiger partial charge in [-0.15, -0.1) is 0 Å². The van der Waals surface area contributed by atoms with Crippen LogP contribution in [0.1, 0.15) is 31.9 Å². The Bertz CT molecular complexity index is 897. The molecule has 0 unspecified atom stereocenters. The summed E-state index contributed by atoms with van der Waals surface area (Å²) in [6.45, 7) is 5.34. The van der Waals surface area contributed by atoms with Crippen molar-refractivity contribution < 1.29 is 19.4 Å². The zero-order valence-electron chi connectivity index (χ0n) is 15.7. The molecule has 0 aromatic heterocycles. The van der Waals surface area contributed by atoms with Crippen molar-refractivity contribution >= 4 is 23.6 Å². The zero-order chi connectivity index (χ0) is 19.6. The standard InChI is InChI=1S/C22H23NO4/c1-4-15-9-11-16(12-10-15)13-19-20(24)23(14-22(2,3)21(25)26)17-7-5-6-8-18(17)27-19/h5-13H,4,14H2,1-3H3,(H,25,26)/b19-13+. The Morgan fingerprint density at radius 1 is 1.15 bits per heavy atom. The minimum absolute atomic E-state index is 0.0493. The van der Waals surface area contributed by atoms with Crippen molar-refractivity contribution in [3.63, 3.8) is 0 Å². The van der Waals surface area contributed by atoms with E-state index in [9.17, 15) is 14.7 Å². The third kappa shape index (κ3) is 3.87. The van der Waals surface area contributed by atoms with E-state index in [1.54, 1.807) is 38.1 Å². The number of fused-ring (bicyclic) bond motifs is 1. The monoisotopic (exact) mass is 365 g/mol. The van der Waals surface area contributed by atoms with Crippen molar-refractivity contribution in [3.8, 4) is 5.75 Å². The van der Waals surface area contributed by atoms with Crippen LogP contribution in [0.3, 0.4) is 0 Å². The highest BCUT2D eigenvalue weighted by Crippen LogP contribution is 2.37. The van der Waals surface area contributed by atoms with Gasteiger partial charge in [-0.3, -0.25) is 9.59 Å². The van der Waals surface area contributed by atoms with Gasteiger partial charge in [-0.05, 0) is 49.6 Å². The van der Waals surface area contributed by atoms with E-state index in [2.05, 4.69) is 6.92 Å². The normalized spacial score (nSPS) is 15.4. The van der Waals surface area contributed by atoms with Gasteiger partial charge < -0.3 is 14.7 Å². The molecule has 0 aliphatic carbocycles. The van der Waals surface area contributed by atoms with E-state index in [4.69, 9.17) is 4.74 Å². The Morgan fingerprint density at radius 3 is 2.44 bits per heavy atom. The average Bonchev–Trinajstić information content (AvgIpc) is 2.65. The first-order valence-electron chi connectivity index (χ1n) is 8.94. The second-order valence-corrected chi connectivity index (χ2v) is 7.25. The minimum Gasteiger partial charge on any atom is -0.481 e. The van der Waals surface area contributed by atoms with Gasteiger partial charge in [0.1, 0.15) is 0 Å². The van der Waals surface area contributed by atoms with E-state index >= 15 is 0 Å². The molecule has 0 saturated heterocycles. The SMILES string of the molecule is CCc1ccc(/C=C2/Oc3ccccc3N(CC(C)(C)C(=O)O)C2=O)cc1. The summed E-state index contributed by atoms with van der Waals surface area (Å²) < 4.78 is 5.83. The lowest BCUT2D eigenvalue weighted by atomic mass is 9.92. The van der Waals surface area contributed by atoms with Crippen LogP contribution in [0.5, 0.6) is 5.75 Å². The van der Waals surface area contributed by atoms with Gasteiger partial charge in [-0.1, -0.05) is 43.3 Å². The summed E-state index contributed by atoms with van der Waals surface area (Å²) in [6.07, 6.45) is 2.64. The Labute approximate surface area is 158 Å². The number of carbonyl (C=O) groups excluding carboxylic acids is 1. The van der Waals surface area contributed by atoms with Crippen LogP contribution in [0.2, 0.25) is 0 Å². The zero-order valence-corrected chi connectivity index (χ0v) is 15.7. The number of hydrogen-bond donors (Lipinski definition) is 1. The summed E-state index contributed by atoms with van der Waals surface area (Å²) >= 11 is 0. The van der Waals surface area contributed by atoms with E-state index in [1.807, 2.05) is 30.3 Å². The number of ether oxygens (including phenoxy) is 1. The van der Waals surface area contributed by atoms with E-state index in [1.165, 1.54) is 10.5 Å². The van der Waals surface area contributed by atoms with Crippen LogP contribution in [0, 0.1) is 5.41 Å².